The third kappa shape index (κ3) is 2.46. The van der Waals surface area contributed by atoms with E-state index in [1.54, 1.807) is 22.8 Å². The van der Waals surface area contributed by atoms with Gasteiger partial charge < -0.3 is 5.32 Å². The van der Waals surface area contributed by atoms with Crippen LogP contribution < -0.4 is 5.32 Å². The molecule has 1 N–H and O–H groups in total. The zero-order valence-corrected chi connectivity index (χ0v) is 11.5. The molecule has 1 fully saturated rings. The summed E-state index contributed by atoms with van der Waals surface area (Å²) >= 11 is 0. The molecular weight excluding hydrogens is 267 g/mol. The Morgan fingerprint density at radius 1 is 1.14 bits per heavy atom. The molecule has 0 saturated heterocycles. The van der Waals surface area contributed by atoms with Crippen LogP contribution in [-0.4, -0.2) is 21.1 Å². The second-order valence-electron chi connectivity index (χ2n) is 5.46. The van der Waals surface area contributed by atoms with Gasteiger partial charge in [0.05, 0.1) is 11.9 Å². The fourth-order valence-electron chi connectivity index (χ4n) is 2.36. The lowest BCUT2D eigenvalue weighted by Crippen LogP contribution is -2.07. The first-order valence-corrected chi connectivity index (χ1v) is 7.14. The molecule has 2 heterocycles. The van der Waals surface area contributed by atoms with Gasteiger partial charge in [0.2, 0.25) is 0 Å². The minimum absolute atomic E-state index is 0.243. The number of hydrogen-bond acceptors (Lipinski definition) is 3. The van der Waals surface area contributed by atoms with Crippen LogP contribution in [0.15, 0.2) is 42.6 Å². The Kier molecular flexibility index (Phi) is 2.84. The Morgan fingerprint density at radius 3 is 2.71 bits per heavy atom. The highest BCUT2D eigenvalue weighted by Crippen LogP contribution is 2.28. The summed E-state index contributed by atoms with van der Waals surface area (Å²) in [5.74, 6) is 1.39. The van der Waals surface area contributed by atoms with Gasteiger partial charge in [-0.15, -0.1) is 5.10 Å². The maximum atomic E-state index is 13.0. The van der Waals surface area contributed by atoms with E-state index in [4.69, 9.17) is 0 Å². The lowest BCUT2D eigenvalue weighted by atomic mass is 10.2. The number of anilines is 1. The maximum absolute atomic E-state index is 13.0. The van der Waals surface area contributed by atoms with Crippen LogP contribution in [0.1, 0.15) is 12.8 Å². The first-order chi connectivity index (χ1) is 10.3. The summed E-state index contributed by atoms with van der Waals surface area (Å²) in [4.78, 5) is 4.35. The van der Waals surface area contributed by atoms with E-state index in [1.165, 1.54) is 25.0 Å². The summed E-state index contributed by atoms with van der Waals surface area (Å²) in [6.07, 6.45) is 4.38. The van der Waals surface area contributed by atoms with Crippen molar-refractivity contribution >= 4 is 11.5 Å². The molecule has 1 aromatic carbocycles. The first-order valence-electron chi connectivity index (χ1n) is 7.14. The number of rotatable bonds is 4. The van der Waals surface area contributed by atoms with Gasteiger partial charge in [0, 0.05) is 12.1 Å². The van der Waals surface area contributed by atoms with Crippen molar-refractivity contribution in [3.05, 3.63) is 48.4 Å². The molecule has 4 rings (SSSR count). The minimum atomic E-state index is -0.243. The summed E-state index contributed by atoms with van der Waals surface area (Å²) in [6, 6.07) is 10.3. The van der Waals surface area contributed by atoms with Crippen LogP contribution >= 0.6 is 0 Å². The summed E-state index contributed by atoms with van der Waals surface area (Å²) in [6.45, 7) is 0.971. The standard InChI is InChI=1S/C16H15FN4/c17-13-5-3-12(4-6-13)14-10-19-16-8-7-15(20-21(14)16)18-9-11-1-2-11/h3-8,10-11H,1-2,9H2,(H,18,20). The van der Waals surface area contributed by atoms with Gasteiger partial charge in [0.15, 0.2) is 5.65 Å². The Balaban J connectivity index is 1.70. The first kappa shape index (κ1) is 12.3. The average molecular weight is 282 g/mol. The fourth-order valence-corrected chi connectivity index (χ4v) is 2.36. The Bertz CT molecular complexity index is 775. The van der Waals surface area contributed by atoms with E-state index in [2.05, 4.69) is 15.4 Å². The normalized spacial score (nSPS) is 14.5. The number of nitrogens with one attached hydrogen (secondary N) is 1. The molecule has 0 atom stereocenters. The number of nitrogens with zero attached hydrogens (tertiary/aromatic N) is 3. The molecule has 1 aliphatic carbocycles. The van der Waals surface area contributed by atoms with E-state index in [0.717, 1.165) is 35.2 Å². The van der Waals surface area contributed by atoms with Crippen molar-refractivity contribution in [3.8, 4) is 11.3 Å². The summed E-state index contributed by atoms with van der Waals surface area (Å²) in [5, 5.41) is 7.94. The zero-order valence-electron chi connectivity index (χ0n) is 11.5. The van der Waals surface area contributed by atoms with Crippen molar-refractivity contribution in [1.82, 2.24) is 14.6 Å². The van der Waals surface area contributed by atoms with Gasteiger partial charge in [-0.1, -0.05) is 0 Å². The van der Waals surface area contributed by atoms with Gasteiger partial charge in [0.1, 0.15) is 11.6 Å². The van der Waals surface area contributed by atoms with E-state index in [-0.39, 0.29) is 5.82 Å². The number of halogens is 1. The second kappa shape index (κ2) is 4.84. The molecule has 0 unspecified atom stereocenters. The number of aromatic nitrogens is 3. The lowest BCUT2D eigenvalue weighted by molar-refractivity contribution is 0.628. The maximum Gasteiger partial charge on any atom is 0.154 e. The van der Waals surface area contributed by atoms with Gasteiger partial charge in [-0.05, 0) is 55.2 Å². The van der Waals surface area contributed by atoms with Crippen molar-refractivity contribution in [2.75, 3.05) is 11.9 Å². The molecule has 3 aromatic rings. The van der Waals surface area contributed by atoms with E-state index >= 15 is 0 Å². The smallest absolute Gasteiger partial charge is 0.154 e. The van der Waals surface area contributed by atoms with Crippen molar-refractivity contribution in [2.24, 2.45) is 5.92 Å². The molecule has 0 radical (unpaired) electrons. The Hall–Kier alpha value is -2.43. The quantitative estimate of drug-likeness (QED) is 0.798. The molecule has 21 heavy (non-hydrogen) atoms. The van der Waals surface area contributed by atoms with Gasteiger partial charge in [-0.3, -0.25) is 0 Å². The third-order valence-corrected chi connectivity index (χ3v) is 3.77. The number of imidazole rings is 1. The van der Waals surface area contributed by atoms with Crippen LogP contribution in [0.2, 0.25) is 0 Å². The monoisotopic (exact) mass is 282 g/mol. The zero-order chi connectivity index (χ0) is 14.2. The molecule has 106 valence electrons. The summed E-state index contributed by atoms with van der Waals surface area (Å²) < 4.78 is 14.8. The number of fused-ring (bicyclic) bond motifs is 1. The molecule has 4 nitrogen and oxygen atoms in total. The van der Waals surface area contributed by atoms with Crippen molar-refractivity contribution in [2.45, 2.75) is 12.8 Å². The van der Waals surface area contributed by atoms with Crippen LogP contribution in [-0.2, 0) is 0 Å². The Labute approximate surface area is 121 Å². The van der Waals surface area contributed by atoms with Crippen LogP contribution in [0, 0.1) is 11.7 Å². The topological polar surface area (TPSA) is 42.2 Å². The highest BCUT2D eigenvalue weighted by Gasteiger charge is 2.20. The van der Waals surface area contributed by atoms with E-state index in [9.17, 15) is 4.39 Å². The van der Waals surface area contributed by atoms with Crippen LogP contribution in [0.5, 0.6) is 0 Å². The summed E-state index contributed by atoms with van der Waals surface area (Å²) in [7, 11) is 0. The van der Waals surface area contributed by atoms with Gasteiger partial charge in [-0.25, -0.2) is 13.9 Å². The van der Waals surface area contributed by atoms with Gasteiger partial charge >= 0.3 is 0 Å². The largest absolute Gasteiger partial charge is 0.368 e. The van der Waals surface area contributed by atoms with Crippen LogP contribution in [0.25, 0.3) is 16.9 Å². The van der Waals surface area contributed by atoms with Crippen LogP contribution in [0.3, 0.4) is 0 Å². The molecule has 0 bridgehead atoms. The van der Waals surface area contributed by atoms with Crippen molar-refractivity contribution in [1.29, 1.82) is 0 Å². The number of benzene rings is 1. The Morgan fingerprint density at radius 2 is 1.95 bits per heavy atom. The molecule has 0 spiro atoms. The second-order valence-corrected chi connectivity index (χ2v) is 5.46. The minimum Gasteiger partial charge on any atom is -0.368 e. The third-order valence-electron chi connectivity index (χ3n) is 3.77. The van der Waals surface area contributed by atoms with Crippen molar-refractivity contribution in [3.63, 3.8) is 0 Å². The van der Waals surface area contributed by atoms with Crippen LogP contribution in [0.4, 0.5) is 10.2 Å². The van der Waals surface area contributed by atoms with Gasteiger partial charge in [-0.2, -0.15) is 0 Å². The molecule has 5 heteroatoms. The van der Waals surface area contributed by atoms with E-state index in [1.807, 2.05) is 12.1 Å². The molecule has 1 saturated carbocycles. The SMILES string of the molecule is Fc1ccc(-c2cnc3ccc(NCC4CC4)nn23)cc1. The summed E-state index contributed by atoms with van der Waals surface area (Å²) in [5.41, 5.74) is 2.54. The number of hydrogen-bond donors (Lipinski definition) is 1. The van der Waals surface area contributed by atoms with E-state index in [0.29, 0.717) is 0 Å². The lowest BCUT2D eigenvalue weighted by Gasteiger charge is -2.06. The highest BCUT2D eigenvalue weighted by atomic mass is 19.1. The molecule has 0 aliphatic heterocycles. The van der Waals surface area contributed by atoms with Crippen molar-refractivity contribution < 1.29 is 4.39 Å². The predicted octanol–water partition coefficient (Wildman–Crippen LogP) is 3.36. The molecule has 2 aromatic heterocycles. The average Bonchev–Trinajstić information content (AvgIpc) is 3.25. The predicted molar refractivity (Wildman–Crippen MR) is 79.6 cm³/mol. The van der Waals surface area contributed by atoms with Gasteiger partial charge in [0.25, 0.3) is 0 Å². The molecule has 1 aliphatic rings. The molecular formula is C16H15FN4. The highest BCUT2D eigenvalue weighted by molar-refractivity contribution is 5.63. The van der Waals surface area contributed by atoms with E-state index < -0.39 is 0 Å². The molecule has 0 amide bonds. The fraction of sp³-hybridized carbons (Fsp3) is 0.250.